The van der Waals surface area contributed by atoms with E-state index in [0.29, 0.717) is 22.8 Å². The van der Waals surface area contributed by atoms with Gasteiger partial charge >= 0.3 is 0 Å². The topological polar surface area (TPSA) is 74.1 Å². The Morgan fingerprint density at radius 1 is 1.06 bits per heavy atom. The van der Waals surface area contributed by atoms with Crippen molar-refractivity contribution >= 4 is 40.1 Å². The predicted octanol–water partition coefficient (Wildman–Crippen LogP) is 5.45. The molecule has 0 aliphatic carbocycles. The van der Waals surface area contributed by atoms with Gasteiger partial charge in [-0.1, -0.05) is 53.7 Å². The SMILES string of the molecule is Cc1ccc(C2=NN(C3=NC(=O)[C@H](CC(=O)Nc4ccc(F)cc4)S3)[C@@H](c3cccc(F)c3)C2)cc1. The fourth-order valence-electron chi connectivity index (χ4n) is 4.10. The molecule has 0 aromatic heterocycles. The summed E-state index contributed by atoms with van der Waals surface area (Å²) in [6, 6.07) is 19.3. The van der Waals surface area contributed by atoms with Crippen LogP contribution in [0.4, 0.5) is 14.5 Å². The Bertz CT molecular complexity index is 1370. The van der Waals surface area contributed by atoms with Gasteiger partial charge in [-0.15, -0.1) is 0 Å². The summed E-state index contributed by atoms with van der Waals surface area (Å²) < 4.78 is 27.2. The van der Waals surface area contributed by atoms with Crippen LogP contribution in [0.25, 0.3) is 0 Å². The van der Waals surface area contributed by atoms with Gasteiger partial charge < -0.3 is 5.32 Å². The molecule has 0 bridgehead atoms. The number of aliphatic imine (C=N–C) groups is 1. The molecule has 0 unspecified atom stereocenters. The third-order valence-electron chi connectivity index (χ3n) is 5.95. The third-order valence-corrected chi connectivity index (χ3v) is 7.09. The summed E-state index contributed by atoms with van der Waals surface area (Å²) in [5, 5.41) is 8.75. The normalized spacial score (nSPS) is 19.3. The summed E-state index contributed by atoms with van der Waals surface area (Å²) in [6.45, 7) is 2.00. The summed E-state index contributed by atoms with van der Waals surface area (Å²) in [5.74, 6) is -1.57. The Hall–Kier alpha value is -3.85. The van der Waals surface area contributed by atoms with Crippen LogP contribution in [-0.4, -0.2) is 33.0 Å². The minimum atomic E-state index is -0.716. The Labute approximate surface area is 211 Å². The lowest BCUT2D eigenvalue weighted by molar-refractivity contribution is -0.121. The predicted molar refractivity (Wildman–Crippen MR) is 137 cm³/mol. The highest BCUT2D eigenvalue weighted by atomic mass is 32.2. The summed E-state index contributed by atoms with van der Waals surface area (Å²) >= 11 is 1.16. The second-order valence-corrected chi connectivity index (χ2v) is 9.80. The average Bonchev–Trinajstić information content (AvgIpc) is 3.45. The van der Waals surface area contributed by atoms with Crippen molar-refractivity contribution in [2.45, 2.75) is 31.1 Å². The molecule has 3 aromatic carbocycles. The zero-order chi connectivity index (χ0) is 25.2. The number of anilines is 1. The molecule has 2 amide bonds. The van der Waals surface area contributed by atoms with Crippen LogP contribution < -0.4 is 5.32 Å². The van der Waals surface area contributed by atoms with Gasteiger partial charge in [-0.25, -0.2) is 13.8 Å². The van der Waals surface area contributed by atoms with Crippen molar-refractivity contribution in [3.63, 3.8) is 0 Å². The lowest BCUT2D eigenvalue weighted by atomic mass is 9.98. The Morgan fingerprint density at radius 2 is 1.81 bits per heavy atom. The zero-order valence-electron chi connectivity index (χ0n) is 19.3. The van der Waals surface area contributed by atoms with Crippen molar-refractivity contribution < 1.29 is 18.4 Å². The van der Waals surface area contributed by atoms with E-state index in [4.69, 9.17) is 5.10 Å². The molecule has 0 saturated carbocycles. The molecule has 2 aliphatic rings. The summed E-state index contributed by atoms with van der Waals surface area (Å²) in [5.41, 5.74) is 4.02. The maximum absolute atomic E-state index is 14.0. The highest BCUT2D eigenvalue weighted by Crippen LogP contribution is 2.38. The van der Waals surface area contributed by atoms with Gasteiger partial charge in [-0.3, -0.25) is 9.59 Å². The van der Waals surface area contributed by atoms with E-state index in [9.17, 15) is 18.4 Å². The Balaban J connectivity index is 1.35. The number of carbonyl (C=O) groups is 2. The summed E-state index contributed by atoms with van der Waals surface area (Å²) in [4.78, 5) is 29.4. The van der Waals surface area contributed by atoms with Crippen molar-refractivity contribution in [2.24, 2.45) is 10.1 Å². The Morgan fingerprint density at radius 3 is 2.53 bits per heavy atom. The maximum Gasteiger partial charge on any atom is 0.262 e. The molecule has 9 heteroatoms. The van der Waals surface area contributed by atoms with Gasteiger partial charge in [0.05, 0.1) is 11.8 Å². The number of rotatable bonds is 5. The molecule has 3 aromatic rings. The zero-order valence-corrected chi connectivity index (χ0v) is 20.1. The van der Waals surface area contributed by atoms with E-state index < -0.39 is 17.0 Å². The van der Waals surface area contributed by atoms with Crippen molar-refractivity contribution in [1.29, 1.82) is 0 Å². The molecule has 5 rings (SSSR count). The molecule has 36 heavy (non-hydrogen) atoms. The van der Waals surface area contributed by atoms with Gasteiger partial charge in [-0.2, -0.15) is 10.1 Å². The number of hydrazone groups is 1. The number of nitrogens with one attached hydrogen (secondary N) is 1. The van der Waals surface area contributed by atoms with Gasteiger partial charge in [0.25, 0.3) is 5.91 Å². The van der Waals surface area contributed by atoms with Gasteiger partial charge in [0.15, 0.2) is 5.17 Å². The van der Waals surface area contributed by atoms with Crippen LogP contribution in [0.15, 0.2) is 82.9 Å². The number of benzene rings is 3. The molecule has 0 fully saturated rings. The van der Waals surface area contributed by atoms with E-state index in [1.165, 1.54) is 36.4 Å². The number of aryl methyl sites for hydroxylation is 1. The number of nitrogens with zero attached hydrogens (tertiary/aromatic N) is 3. The van der Waals surface area contributed by atoms with Crippen molar-refractivity contribution in [3.8, 4) is 0 Å². The van der Waals surface area contributed by atoms with Crippen molar-refractivity contribution in [3.05, 3.63) is 101 Å². The maximum atomic E-state index is 14.0. The number of hydrogen-bond acceptors (Lipinski definition) is 5. The third kappa shape index (κ3) is 5.21. The van der Waals surface area contributed by atoms with E-state index >= 15 is 0 Å². The first kappa shape index (κ1) is 23.9. The van der Waals surface area contributed by atoms with Crippen LogP contribution in [-0.2, 0) is 9.59 Å². The van der Waals surface area contributed by atoms with Crippen LogP contribution >= 0.6 is 11.8 Å². The number of halogens is 2. The first-order valence-electron chi connectivity index (χ1n) is 11.4. The van der Waals surface area contributed by atoms with Crippen LogP contribution in [0.5, 0.6) is 0 Å². The molecule has 0 spiro atoms. The number of carbonyl (C=O) groups excluding carboxylic acids is 2. The number of thioether (sulfide) groups is 1. The summed E-state index contributed by atoms with van der Waals surface area (Å²) in [6.07, 6.45) is 0.414. The van der Waals surface area contributed by atoms with Crippen molar-refractivity contribution in [2.75, 3.05) is 5.32 Å². The molecular weight excluding hydrogens is 482 g/mol. The Kier molecular flexibility index (Phi) is 6.65. The number of hydrogen-bond donors (Lipinski definition) is 1. The second kappa shape index (κ2) is 10.0. The minimum absolute atomic E-state index is 0.0963. The monoisotopic (exact) mass is 504 g/mol. The molecule has 1 N–H and O–H groups in total. The quantitative estimate of drug-likeness (QED) is 0.501. The number of amidine groups is 1. The van der Waals surface area contributed by atoms with E-state index in [0.717, 1.165) is 28.6 Å². The first-order valence-corrected chi connectivity index (χ1v) is 12.3. The smallest absolute Gasteiger partial charge is 0.262 e. The standard InChI is InChI=1S/C27H22F2N4O2S/c1-16-5-7-17(8-6-16)22-14-23(18-3-2-4-20(29)13-18)33(32-22)27-31-26(35)24(36-27)15-25(34)30-21-11-9-19(28)10-12-21/h2-13,23-24H,14-15H2,1H3,(H,30,34)/t23-,24+/m1/s1. The molecule has 6 nitrogen and oxygen atoms in total. The van der Waals surface area contributed by atoms with Gasteiger partial charge in [-0.05, 0) is 54.4 Å². The number of amides is 2. The fraction of sp³-hybridized carbons (Fsp3) is 0.185. The van der Waals surface area contributed by atoms with Crippen LogP contribution in [0.1, 0.15) is 35.6 Å². The van der Waals surface area contributed by atoms with Gasteiger partial charge in [0.2, 0.25) is 5.91 Å². The molecule has 2 aliphatic heterocycles. The largest absolute Gasteiger partial charge is 0.326 e. The molecule has 0 saturated heterocycles. The highest BCUT2D eigenvalue weighted by Gasteiger charge is 2.39. The van der Waals surface area contributed by atoms with E-state index in [1.54, 1.807) is 11.1 Å². The average molecular weight is 505 g/mol. The van der Waals surface area contributed by atoms with E-state index in [-0.39, 0.29) is 24.2 Å². The molecule has 182 valence electrons. The molecular formula is C27H22F2N4O2S. The second-order valence-electron chi connectivity index (χ2n) is 8.63. The molecule has 2 heterocycles. The lowest BCUT2D eigenvalue weighted by Crippen LogP contribution is -2.25. The van der Waals surface area contributed by atoms with Crippen LogP contribution in [0.2, 0.25) is 0 Å². The molecule has 2 atom stereocenters. The minimum Gasteiger partial charge on any atom is -0.326 e. The van der Waals surface area contributed by atoms with Gasteiger partial charge in [0.1, 0.15) is 16.9 Å². The lowest BCUT2D eigenvalue weighted by Gasteiger charge is -2.23. The van der Waals surface area contributed by atoms with E-state index in [2.05, 4.69) is 10.3 Å². The summed E-state index contributed by atoms with van der Waals surface area (Å²) in [7, 11) is 0. The van der Waals surface area contributed by atoms with Gasteiger partial charge in [0, 0.05) is 18.5 Å². The van der Waals surface area contributed by atoms with Crippen molar-refractivity contribution in [1.82, 2.24) is 5.01 Å². The van der Waals surface area contributed by atoms with Crippen LogP contribution in [0, 0.1) is 18.6 Å². The molecule has 0 radical (unpaired) electrons. The fourth-order valence-corrected chi connectivity index (χ4v) is 5.16. The van der Waals surface area contributed by atoms with E-state index in [1.807, 2.05) is 37.3 Å². The van der Waals surface area contributed by atoms with Crippen LogP contribution in [0.3, 0.4) is 0 Å². The first-order chi connectivity index (χ1) is 17.4. The highest BCUT2D eigenvalue weighted by molar-refractivity contribution is 8.15.